The molecule has 1 atom stereocenters. The summed E-state index contributed by atoms with van der Waals surface area (Å²) in [6, 6.07) is 5.61. The molecule has 2 N–H and O–H groups in total. The first-order valence-electron chi connectivity index (χ1n) is 9.01. The van der Waals surface area contributed by atoms with Crippen molar-refractivity contribution in [2.24, 2.45) is 0 Å². The van der Waals surface area contributed by atoms with Crippen LogP contribution in [0.5, 0.6) is 5.88 Å². The summed E-state index contributed by atoms with van der Waals surface area (Å²) in [5.41, 5.74) is 0.619. The lowest BCUT2D eigenvalue weighted by atomic mass is 10.0. The summed E-state index contributed by atoms with van der Waals surface area (Å²) in [4.78, 5) is 30.7. The molecule has 0 spiro atoms. The number of aromatic amines is 1. The van der Waals surface area contributed by atoms with E-state index in [1.54, 1.807) is 12.4 Å². The largest absolute Gasteiger partial charge is 0.475 e. The van der Waals surface area contributed by atoms with Gasteiger partial charge < -0.3 is 15.0 Å². The molecule has 4 rings (SSSR count). The summed E-state index contributed by atoms with van der Waals surface area (Å²) in [6.45, 7) is 2.35. The van der Waals surface area contributed by atoms with Crippen LogP contribution in [0.25, 0.3) is 21.5 Å². The van der Waals surface area contributed by atoms with Gasteiger partial charge in [0.25, 0.3) is 5.56 Å². The Hall–Kier alpha value is -3.33. The van der Waals surface area contributed by atoms with Crippen molar-refractivity contribution in [3.63, 3.8) is 0 Å². The number of carbonyl (C=O) groups excluding carboxylic acids is 1. The monoisotopic (exact) mass is 361 g/mol. The molecule has 1 amide bonds. The smallest absolute Gasteiger partial charge is 0.255 e. The third-order valence-electron chi connectivity index (χ3n) is 4.65. The first-order valence-corrected chi connectivity index (χ1v) is 9.01. The van der Waals surface area contributed by atoms with Gasteiger partial charge >= 0.3 is 0 Å². The van der Waals surface area contributed by atoms with E-state index in [9.17, 15) is 9.59 Å². The van der Waals surface area contributed by atoms with Crippen LogP contribution in [0.15, 0.2) is 35.4 Å². The fourth-order valence-electron chi connectivity index (χ4n) is 3.28. The predicted octanol–water partition coefficient (Wildman–Crippen LogP) is 2.50. The van der Waals surface area contributed by atoms with Gasteiger partial charge in [-0.25, -0.2) is 4.98 Å². The average molecular weight is 361 g/mol. The number of benzene rings is 1. The third-order valence-corrected chi connectivity index (χ3v) is 4.65. The molecular formula is C21H19N3O3. The van der Waals surface area contributed by atoms with Crippen LogP contribution in [0.4, 0.5) is 0 Å². The predicted molar refractivity (Wildman–Crippen MR) is 104 cm³/mol. The van der Waals surface area contributed by atoms with Crippen LogP contribution >= 0.6 is 0 Å². The van der Waals surface area contributed by atoms with Crippen LogP contribution < -0.4 is 15.6 Å². The number of amides is 1. The van der Waals surface area contributed by atoms with E-state index in [0.29, 0.717) is 24.3 Å². The lowest BCUT2D eigenvalue weighted by molar-refractivity contribution is -0.119. The van der Waals surface area contributed by atoms with Crippen LogP contribution in [-0.4, -0.2) is 28.5 Å². The molecule has 6 nitrogen and oxygen atoms in total. The Balaban J connectivity index is 1.79. The molecule has 1 saturated heterocycles. The molecule has 0 radical (unpaired) electrons. The number of fused-ring (bicyclic) bond motifs is 2. The lowest BCUT2D eigenvalue weighted by Gasteiger charge is -2.13. The van der Waals surface area contributed by atoms with E-state index in [2.05, 4.69) is 27.1 Å². The highest BCUT2D eigenvalue weighted by molar-refractivity contribution is 6.01. The number of pyridine rings is 2. The molecule has 1 aromatic carbocycles. The molecule has 27 heavy (non-hydrogen) atoms. The van der Waals surface area contributed by atoms with Gasteiger partial charge in [-0.15, -0.1) is 0 Å². The quantitative estimate of drug-likeness (QED) is 0.555. The maximum atomic E-state index is 12.3. The average Bonchev–Trinajstić information content (AvgIpc) is 3.10. The molecule has 1 aliphatic rings. The zero-order chi connectivity index (χ0) is 18.8. The van der Waals surface area contributed by atoms with Gasteiger partial charge in [-0.1, -0.05) is 18.8 Å². The molecule has 3 aromatic rings. The Kier molecular flexibility index (Phi) is 4.51. The van der Waals surface area contributed by atoms with Crippen molar-refractivity contribution in [3.05, 3.63) is 46.5 Å². The van der Waals surface area contributed by atoms with E-state index in [1.807, 2.05) is 25.1 Å². The van der Waals surface area contributed by atoms with Crippen molar-refractivity contribution < 1.29 is 9.53 Å². The fraction of sp³-hybridized carbons (Fsp3) is 0.286. The van der Waals surface area contributed by atoms with Crippen molar-refractivity contribution in [2.75, 3.05) is 6.61 Å². The zero-order valence-electron chi connectivity index (χ0n) is 15.0. The minimum Gasteiger partial charge on any atom is -0.475 e. The van der Waals surface area contributed by atoms with Crippen molar-refractivity contribution >= 4 is 27.5 Å². The number of nitrogens with zero attached hydrogens (tertiary/aromatic N) is 1. The molecule has 2 aromatic heterocycles. The van der Waals surface area contributed by atoms with Crippen LogP contribution in [0.1, 0.15) is 31.7 Å². The summed E-state index contributed by atoms with van der Waals surface area (Å²) in [6.07, 6.45) is 5.33. The van der Waals surface area contributed by atoms with Crippen LogP contribution in [0.3, 0.4) is 0 Å². The van der Waals surface area contributed by atoms with Crippen LogP contribution in [0, 0.1) is 11.8 Å². The molecule has 0 aliphatic carbocycles. The highest BCUT2D eigenvalue weighted by Gasteiger charge is 2.21. The summed E-state index contributed by atoms with van der Waals surface area (Å²) in [7, 11) is 0. The second kappa shape index (κ2) is 7.12. The minimum absolute atomic E-state index is 0.00355. The van der Waals surface area contributed by atoms with Gasteiger partial charge in [0, 0.05) is 47.0 Å². The third kappa shape index (κ3) is 3.36. The number of ether oxygens (including phenoxy) is 1. The second-order valence-electron chi connectivity index (χ2n) is 6.54. The topological polar surface area (TPSA) is 84.1 Å². The molecule has 136 valence electrons. The number of carbonyl (C=O) groups is 1. The van der Waals surface area contributed by atoms with Crippen LogP contribution in [-0.2, 0) is 4.79 Å². The molecule has 3 heterocycles. The van der Waals surface area contributed by atoms with Crippen molar-refractivity contribution in [2.45, 2.75) is 32.2 Å². The van der Waals surface area contributed by atoms with Gasteiger partial charge in [0.1, 0.15) is 6.61 Å². The fourth-order valence-corrected chi connectivity index (χ4v) is 3.28. The van der Waals surface area contributed by atoms with Crippen molar-refractivity contribution in [1.29, 1.82) is 0 Å². The van der Waals surface area contributed by atoms with Gasteiger partial charge in [-0.3, -0.25) is 9.59 Å². The summed E-state index contributed by atoms with van der Waals surface area (Å²) < 4.78 is 5.90. The first kappa shape index (κ1) is 17.1. The van der Waals surface area contributed by atoms with Crippen LogP contribution in [0.2, 0.25) is 0 Å². The van der Waals surface area contributed by atoms with Gasteiger partial charge in [-0.05, 0) is 30.0 Å². The number of hydrogen-bond acceptors (Lipinski definition) is 4. The zero-order valence-corrected chi connectivity index (χ0v) is 15.0. The molecule has 0 saturated carbocycles. The molecule has 0 bridgehead atoms. The Bertz CT molecular complexity index is 1150. The molecule has 0 unspecified atom stereocenters. The molecule has 6 heteroatoms. The number of rotatable bonds is 3. The Morgan fingerprint density at radius 3 is 2.93 bits per heavy atom. The maximum absolute atomic E-state index is 12.3. The first-order chi connectivity index (χ1) is 13.2. The van der Waals surface area contributed by atoms with E-state index >= 15 is 0 Å². The van der Waals surface area contributed by atoms with Crippen molar-refractivity contribution in [1.82, 2.24) is 15.3 Å². The van der Waals surface area contributed by atoms with Gasteiger partial charge in [0.05, 0.1) is 6.04 Å². The van der Waals surface area contributed by atoms with E-state index in [0.717, 1.165) is 34.6 Å². The van der Waals surface area contributed by atoms with E-state index in [1.165, 1.54) is 0 Å². The maximum Gasteiger partial charge on any atom is 0.255 e. The minimum atomic E-state index is -0.151. The van der Waals surface area contributed by atoms with Gasteiger partial charge in [-0.2, -0.15) is 0 Å². The number of H-pyrrole nitrogens is 1. The van der Waals surface area contributed by atoms with Crippen molar-refractivity contribution in [3.8, 4) is 17.7 Å². The summed E-state index contributed by atoms with van der Waals surface area (Å²) in [5.74, 6) is 6.69. The number of nitrogens with one attached hydrogen (secondary N) is 2. The lowest BCUT2D eigenvalue weighted by Crippen LogP contribution is -2.31. The number of hydrogen-bond donors (Lipinski definition) is 2. The molecular weight excluding hydrogens is 342 g/mol. The summed E-state index contributed by atoms with van der Waals surface area (Å²) >= 11 is 0. The molecule has 1 fully saturated rings. The van der Waals surface area contributed by atoms with Gasteiger partial charge in [0.2, 0.25) is 11.8 Å². The number of aromatic nitrogens is 2. The SMILES string of the molecule is CCC#Cc1c[nH]c(=O)c2cc3ccnc(OC[C@@H]4CCC(=O)N4)c3cc12. The van der Waals surface area contributed by atoms with E-state index in [4.69, 9.17) is 4.74 Å². The van der Waals surface area contributed by atoms with Gasteiger partial charge in [0.15, 0.2) is 0 Å². The molecule has 1 aliphatic heterocycles. The normalized spacial score (nSPS) is 16.2. The highest BCUT2D eigenvalue weighted by Crippen LogP contribution is 2.28. The van der Waals surface area contributed by atoms with E-state index < -0.39 is 0 Å². The Labute approximate surface area is 155 Å². The highest BCUT2D eigenvalue weighted by atomic mass is 16.5. The van der Waals surface area contributed by atoms with E-state index in [-0.39, 0.29) is 17.5 Å². The second-order valence-corrected chi connectivity index (χ2v) is 6.54. The Morgan fingerprint density at radius 1 is 1.26 bits per heavy atom. The standard InChI is InChI=1S/C21H19N3O3/c1-2-3-4-14-11-23-20(26)18-9-13-7-8-22-21(17(13)10-16(14)18)27-12-15-5-6-19(25)24-15/h7-11,15H,2,5-6,12H2,1H3,(H,23,26)(H,24,25)/t15-/m0/s1. The Morgan fingerprint density at radius 2 is 2.15 bits per heavy atom. The summed E-state index contributed by atoms with van der Waals surface area (Å²) in [5, 5.41) is 5.94.